The van der Waals surface area contributed by atoms with Crippen molar-refractivity contribution in [2.24, 2.45) is 17.8 Å². The van der Waals surface area contributed by atoms with Crippen LogP contribution in [0.5, 0.6) is 0 Å². The van der Waals surface area contributed by atoms with Gasteiger partial charge in [-0.05, 0) is 73.0 Å². The Bertz CT molecular complexity index is 557. The maximum atomic E-state index is 8.94. The van der Waals surface area contributed by atoms with E-state index in [9.17, 15) is 0 Å². The Morgan fingerprint density at radius 2 is 1.68 bits per heavy atom. The Labute approximate surface area is 114 Å². The molecular formula is C18H19N. The molecular weight excluding hydrogens is 230 g/mol. The van der Waals surface area contributed by atoms with Crippen LogP contribution in [-0.2, 0) is 5.41 Å². The zero-order chi connectivity index (χ0) is 13.0. The molecule has 4 aliphatic carbocycles. The first kappa shape index (κ1) is 11.3. The molecule has 4 atom stereocenters. The molecule has 19 heavy (non-hydrogen) atoms. The van der Waals surface area contributed by atoms with E-state index >= 15 is 0 Å². The molecule has 4 fully saturated rings. The average Bonchev–Trinajstić information content (AvgIpc) is 2.44. The van der Waals surface area contributed by atoms with Gasteiger partial charge in [0, 0.05) is 0 Å². The molecule has 4 saturated carbocycles. The summed E-state index contributed by atoms with van der Waals surface area (Å²) in [6, 6.07) is 10.6. The van der Waals surface area contributed by atoms with Gasteiger partial charge < -0.3 is 0 Å². The van der Waals surface area contributed by atoms with Crippen LogP contribution in [0.3, 0.4) is 0 Å². The normalized spacial score (nSPS) is 39.3. The molecule has 0 aromatic heterocycles. The predicted octanol–water partition coefficient (Wildman–Crippen LogP) is 4.19. The molecule has 0 saturated heterocycles. The Balaban J connectivity index is 1.74. The molecule has 0 N–H and O–H groups in total. The van der Waals surface area contributed by atoms with Gasteiger partial charge in [-0.2, -0.15) is 5.26 Å². The first-order valence-corrected chi connectivity index (χ1v) is 7.39. The van der Waals surface area contributed by atoms with Gasteiger partial charge in [0.25, 0.3) is 0 Å². The average molecular weight is 249 g/mol. The van der Waals surface area contributed by atoms with Crippen LogP contribution in [-0.4, -0.2) is 0 Å². The van der Waals surface area contributed by atoms with Gasteiger partial charge in [0.15, 0.2) is 0 Å². The summed E-state index contributed by atoms with van der Waals surface area (Å²) in [5, 5.41) is 8.94. The molecule has 1 nitrogen and oxygen atoms in total. The standard InChI is InChI=1S/C18H19N/c1-12-15-6-14-7-16(12)10-18(8-14,9-15)17-4-2-13(11-19)3-5-17/h2-5,14-16H,1,6-10H2/t14?,15-,16+,18?. The molecule has 0 aliphatic heterocycles. The smallest absolute Gasteiger partial charge is 0.0991 e. The summed E-state index contributed by atoms with van der Waals surface area (Å²) in [5.41, 5.74) is 4.18. The second-order valence-corrected chi connectivity index (χ2v) is 6.89. The van der Waals surface area contributed by atoms with Crippen LogP contribution in [0.15, 0.2) is 36.4 Å². The molecule has 0 heterocycles. The van der Waals surface area contributed by atoms with Crippen molar-refractivity contribution in [2.45, 2.75) is 37.5 Å². The second-order valence-electron chi connectivity index (χ2n) is 6.89. The summed E-state index contributed by atoms with van der Waals surface area (Å²) in [6.07, 6.45) is 6.72. The van der Waals surface area contributed by atoms with E-state index in [0.29, 0.717) is 5.41 Å². The van der Waals surface area contributed by atoms with Crippen molar-refractivity contribution >= 4 is 0 Å². The van der Waals surface area contributed by atoms with Crippen LogP contribution in [0, 0.1) is 29.1 Å². The molecule has 0 amide bonds. The highest BCUT2D eigenvalue weighted by Crippen LogP contribution is 2.62. The van der Waals surface area contributed by atoms with Gasteiger partial charge >= 0.3 is 0 Å². The van der Waals surface area contributed by atoms with E-state index in [2.05, 4.69) is 24.8 Å². The molecule has 0 spiro atoms. The topological polar surface area (TPSA) is 23.8 Å². The Morgan fingerprint density at radius 1 is 1.05 bits per heavy atom. The van der Waals surface area contributed by atoms with E-state index in [4.69, 9.17) is 5.26 Å². The van der Waals surface area contributed by atoms with Gasteiger partial charge in [0.1, 0.15) is 0 Å². The number of hydrogen-bond acceptors (Lipinski definition) is 1. The van der Waals surface area contributed by atoms with Gasteiger partial charge in [-0.3, -0.25) is 0 Å². The lowest BCUT2D eigenvalue weighted by Crippen LogP contribution is -2.49. The van der Waals surface area contributed by atoms with E-state index in [1.807, 2.05) is 12.1 Å². The van der Waals surface area contributed by atoms with E-state index in [0.717, 1.165) is 23.3 Å². The van der Waals surface area contributed by atoms with Gasteiger partial charge in [0.05, 0.1) is 11.6 Å². The van der Waals surface area contributed by atoms with Crippen LogP contribution >= 0.6 is 0 Å². The monoisotopic (exact) mass is 249 g/mol. The second kappa shape index (κ2) is 3.73. The highest BCUT2D eigenvalue weighted by atomic mass is 14.6. The Morgan fingerprint density at radius 3 is 2.26 bits per heavy atom. The SMILES string of the molecule is C=C1[C@@H]2CC3C[C@H]1CC(c1ccc(C#N)cc1)(C3)C2. The molecule has 1 aromatic rings. The lowest BCUT2D eigenvalue weighted by atomic mass is 9.47. The molecule has 4 aliphatic rings. The van der Waals surface area contributed by atoms with Crippen LogP contribution in [0.1, 0.15) is 43.2 Å². The lowest BCUT2D eigenvalue weighted by Gasteiger charge is -2.58. The van der Waals surface area contributed by atoms with Crippen molar-refractivity contribution in [2.75, 3.05) is 0 Å². The highest BCUT2D eigenvalue weighted by molar-refractivity contribution is 5.38. The van der Waals surface area contributed by atoms with Crippen molar-refractivity contribution in [1.82, 2.24) is 0 Å². The van der Waals surface area contributed by atoms with Crippen molar-refractivity contribution in [1.29, 1.82) is 5.26 Å². The van der Waals surface area contributed by atoms with E-state index in [1.165, 1.54) is 37.7 Å². The van der Waals surface area contributed by atoms with Crippen LogP contribution in [0.25, 0.3) is 0 Å². The van der Waals surface area contributed by atoms with Crippen molar-refractivity contribution in [3.8, 4) is 6.07 Å². The largest absolute Gasteiger partial charge is 0.192 e. The Kier molecular flexibility index (Phi) is 2.22. The fourth-order valence-corrected chi connectivity index (χ4v) is 5.13. The first-order chi connectivity index (χ1) is 9.20. The quantitative estimate of drug-likeness (QED) is 0.684. The van der Waals surface area contributed by atoms with E-state index in [-0.39, 0.29) is 0 Å². The fraction of sp³-hybridized carbons (Fsp3) is 0.500. The van der Waals surface area contributed by atoms with Crippen molar-refractivity contribution in [3.63, 3.8) is 0 Å². The summed E-state index contributed by atoms with van der Waals surface area (Å²) in [7, 11) is 0. The maximum Gasteiger partial charge on any atom is 0.0991 e. The highest BCUT2D eigenvalue weighted by Gasteiger charge is 2.53. The summed E-state index contributed by atoms with van der Waals surface area (Å²) in [5.74, 6) is 2.45. The molecule has 4 bridgehead atoms. The number of allylic oxidation sites excluding steroid dienone is 1. The molecule has 2 unspecified atom stereocenters. The molecule has 1 heteroatoms. The van der Waals surface area contributed by atoms with Crippen molar-refractivity contribution < 1.29 is 0 Å². The third-order valence-corrected chi connectivity index (χ3v) is 5.86. The molecule has 5 rings (SSSR count). The number of rotatable bonds is 1. The first-order valence-electron chi connectivity index (χ1n) is 7.39. The Hall–Kier alpha value is -1.55. The minimum atomic E-state index is 0.395. The van der Waals surface area contributed by atoms with E-state index < -0.39 is 0 Å². The third kappa shape index (κ3) is 1.53. The van der Waals surface area contributed by atoms with E-state index in [1.54, 1.807) is 5.57 Å². The summed E-state index contributed by atoms with van der Waals surface area (Å²) in [4.78, 5) is 0. The molecule has 1 aromatic carbocycles. The number of hydrogen-bond donors (Lipinski definition) is 0. The van der Waals surface area contributed by atoms with Gasteiger partial charge in [0.2, 0.25) is 0 Å². The van der Waals surface area contributed by atoms with Gasteiger partial charge in [-0.1, -0.05) is 24.3 Å². The minimum absolute atomic E-state index is 0.395. The summed E-state index contributed by atoms with van der Waals surface area (Å²) in [6.45, 7) is 4.36. The van der Waals surface area contributed by atoms with Gasteiger partial charge in [-0.25, -0.2) is 0 Å². The van der Waals surface area contributed by atoms with Crippen LogP contribution in [0.2, 0.25) is 0 Å². The molecule has 96 valence electrons. The minimum Gasteiger partial charge on any atom is -0.192 e. The fourth-order valence-electron chi connectivity index (χ4n) is 5.13. The number of nitriles is 1. The summed E-state index contributed by atoms with van der Waals surface area (Å²) < 4.78 is 0. The van der Waals surface area contributed by atoms with Crippen LogP contribution < -0.4 is 0 Å². The lowest BCUT2D eigenvalue weighted by molar-refractivity contribution is 0.0408. The third-order valence-electron chi connectivity index (χ3n) is 5.86. The van der Waals surface area contributed by atoms with Gasteiger partial charge in [-0.15, -0.1) is 0 Å². The number of benzene rings is 1. The zero-order valence-electron chi connectivity index (χ0n) is 11.2. The molecule has 0 radical (unpaired) electrons. The number of nitrogens with zero attached hydrogens (tertiary/aromatic N) is 1. The maximum absolute atomic E-state index is 8.94. The van der Waals surface area contributed by atoms with Crippen LogP contribution in [0.4, 0.5) is 0 Å². The predicted molar refractivity (Wildman–Crippen MR) is 75.5 cm³/mol. The summed E-state index contributed by atoms with van der Waals surface area (Å²) >= 11 is 0. The van der Waals surface area contributed by atoms with Crippen molar-refractivity contribution in [3.05, 3.63) is 47.5 Å². The zero-order valence-corrected chi connectivity index (χ0v) is 11.2.